The molecule has 1 rings (SSSR count). The minimum absolute atomic E-state index is 0.528. The van der Waals surface area contributed by atoms with E-state index in [1.165, 1.54) is 6.07 Å². The first-order valence-corrected chi connectivity index (χ1v) is 5.10. The molecule has 1 aromatic rings. The molecule has 0 spiro atoms. The van der Waals surface area contributed by atoms with Gasteiger partial charge in [0, 0.05) is 7.14 Å². The van der Waals surface area contributed by atoms with Gasteiger partial charge in [0.05, 0.1) is 5.56 Å². The molecule has 0 unspecified atom stereocenters. The third-order valence-corrected chi connectivity index (χ3v) is 4.09. The average Bonchev–Trinajstić information content (AvgIpc) is 1.96. The fourth-order valence-electron chi connectivity index (χ4n) is 0.705. The highest BCUT2D eigenvalue weighted by atomic mass is 127. The molecule has 1 aromatic carbocycles. The summed E-state index contributed by atoms with van der Waals surface area (Å²) in [6.07, 6.45) is -2.74. The summed E-state index contributed by atoms with van der Waals surface area (Å²) in [5.74, 6) is -0.838. The molecule has 0 saturated heterocycles. The maximum atomic E-state index is 12.8. The minimum atomic E-state index is -2.74. The van der Waals surface area contributed by atoms with Crippen molar-refractivity contribution in [3.63, 3.8) is 0 Å². The van der Waals surface area contributed by atoms with Crippen molar-refractivity contribution >= 4 is 45.2 Å². The zero-order valence-corrected chi connectivity index (χ0v) is 9.94. The van der Waals surface area contributed by atoms with Crippen LogP contribution in [0.1, 0.15) is 12.0 Å². The predicted octanol–water partition coefficient (Wildman–Crippen LogP) is 3.97. The second-order valence-electron chi connectivity index (χ2n) is 2.09. The van der Waals surface area contributed by atoms with Crippen molar-refractivity contribution in [1.29, 1.82) is 0 Å². The summed E-state index contributed by atoms with van der Waals surface area (Å²) >= 11 is 3.79. The molecule has 0 aliphatic carbocycles. The molecular formula is C7H3F3I2. The molecule has 0 saturated carbocycles. The molecule has 5 heteroatoms. The van der Waals surface area contributed by atoms with Gasteiger partial charge in [-0.1, -0.05) is 0 Å². The Kier molecular flexibility index (Phi) is 3.62. The van der Waals surface area contributed by atoms with E-state index < -0.39 is 17.8 Å². The van der Waals surface area contributed by atoms with Crippen LogP contribution < -0.4 is 0 Å². The first-order valence-electron chi connectivity index (χ1n) is 2.95. The van der Waals surface area contributed by atoms with Crippen LogP contribution in [0.5, 0.6) is 0 Å². The summed E-state index contributed by atoms with van der Waals surface area (Å²) in [5.41, 5.74) is -0.528. The Balaban J connectivity index is 3.23. The van der Waals surface area contributed by atoms with Gasteiger partial charge >= 0.3 is 0 Å². The maximum Gasteiger partial charge on any atom is 0.266 e. The van der Waals surface area contributed by atoms with E-state index in [0.29, 0.717) is 7.14 Å². The number of hydrogen-bond donors (Lipinski definition) is 0. The van der Waals surface area contributed by atoms with Crippen LogP contribution in [0.25, 0.3) is 0 Å². The largest absolute Gasteiger partial charge is 0.266 e. The van der Waals surface area contributed by atoms with Crippen LogP contribution in [0.15, 0.2) is 12.1 Å². The van der Waals surface area contributed by atoms with Gasteiger partial charge in [-0.3, -0.25) is 0 Å². The van der Waals surface area contributed by atoms with E-state index in [2.05, 4.69) is 0 Å². The zero-order valence-electron chi connectivity index (χ0n) is 5.62. The van der Waals surface area contributed by atoms with Crippen molar-refractivity contribution < 1.29 is 13.2 Å². The summed E-state index contributed by atoms with van der Waals surface area (Å²) in [5, 5.41) is 0. The van der Waals surface area contributed by atoms with Crippen molar-refractivity contribution in [2.45, 2.75) is 6.43 Å². The standard InChI is InChI=1S/C7H3F3I2/c8-4-2-6(12)5(11)1-3(4)7(9)10/h1-2,7H. The lowest BCUT2D eigenvalue weighted by Crippen LogP contribution is -1.93. The van der Waals surface area contributed by atoms with Crippen molar-refractivity contribution in [2.75, 3.05) is 0 Å². The number of hydrogen-bond acceptors (Lipinski definition) is 0. The monoisotopic (exact) mass is 398 g/mol. The lowest BCUT2D eigenvalue weighted by Gasteiger charge is -2.03. The third kappa shape index (κ3) is 2.24. The molecule has 0 heterocycles. The van der Waals surface area contributed by atoms with E-state index in [-0.39, 0.29) is 0 Å². The summed E-state index contributed by atoms with van der Waals surface area (Å²) < 4.78 is 38.3. The second kappa shape index (κ2) is 4.12. The van der Waals surface area contributed by atoms with Crippen LogP contribution in [0.2, 0.25) is 0 Å². The zero-order chi connectivity index (χ0) is 9.30. The fraction of sp³-hybridized carbons (Fsp3) is 0.143. The summed E-state index contributed by atoms with van der Waals surface area (Å²) in [7, 11) is 0. The highest BCUT2D eigenvalue weighted by Gasteiger charge is 2.14. The molecule has 0 nitrogen and oxygen atoms in total. The SMILES string of the molecule is Fc1cc(I)c(I)cc1C(F)F. The fourth-order valence-corrected chi connectivity index (χ4v) is 1.63. The molecule has 12 heavy (non-hydrogen) atoms. The molecule has 66 valence electrons. The van der Waals surface area contributed by atoms with Crippen molar-refractivity contribution in [3.05, 3.63) is 30.7 Å². The molecule has 0 bridgehead atoms. The van der Waals surface area contributed by atoms with Crippen LogP contribution in [0.4, 0.5) is 13.2 Å². The van der Waals surface area contributed by atoms with Crippen LogP contribution in [0.3, 0.4) is 0 Å². The molecule has 0 atom stereocenters. The van der Waals surface area contributed by atoms with Gasteiger partial charge in [-0.05, 0) is 57.3 Å². The topological polar surface area (TPSA) is 0 Å². The smallest absolute Gasteiger partial charge is 0.206 e. The van der Waals surface area contributed by atoms with Gasteiger partial charge in [0.15, 0.2) is 0 Å². The number of alkyl halides is 2. The van der Waals surface area contributed by atoms with Gasteiger partial charge < -0.3 is 0 Å². The number of benzene rings is 1. The van der Waals surface area contributed by atoms with Crippen molar-refractivity contribution in [1.82, 2.24) is 0 Å². The van der Waals surface area contributed by atoms with E-state index in [1.807, 2.05) is 45.2 Å². The van der Waals surface area contributed by atoms with Gasteiger partial charge in [-0.25, -0.2) is 13.2 Å². The van der Waals surface area contributed by atoms with Gasteiger partial charge in [-0.15, -0.1) is 0 Å². The van der Waals surface area contributed by atoms with Gasteiger partial charge in [0.1, 0.15) is 5.82 Å². The Labute approximate surface area is 94.8 Å². The summed E-state index contributed by atoms with van der Waals surface area (Å²) in [6, 6.07) is 2.28. The molecule has 0 radical (unpaired) electrons. The Morgan fingerprint density at radius 3 is 2.08 bits per heavy atom. The average molecular weight is 398 g/mol. The van der Waals surface area contributed by atoms with E-state index in [9.17, 15) is 13.2 Å². The molecule has 0 amide bonds. The van der Waals surface area contributed by atoms with E-state index in [1.54, 1.807) is 0 Å². The Hall–Kier alpha value is 0.470. The normalized spacial score (nSPS) is 10.8. The lowest BCUT2D eigenvalue weighted by atomic mass is 10.2. The van der Waals surface area contributed by atoms with Gasteiger partial charge in [0.25, 0.3) is 6.43 Å². The summed E-state index contributed by atoms with van der Waals surface area (Å²) in [6.45, 7) is 0. The van der Waals surface area contributed by atoms with Crippen molar-refractivity contribution in [3.8, 4) is 0 Å². The molecule has 0 fully saturated rings. The van der Waals surface area contributed by atoms with Crippen LogP contribution in [-0.4, -0.2) is 0 Å². The molecular weight excluding hydrogens is 395 g/mol. The minimum Gasteiger partial charge on any atom is -0.206 e. The number of rotatable bonds is 1. The quantitative estimate of drug-likeness (QED) is 0.497. The Morgan fingerprint density at radius 2 is 1.58 bits per heavy atom. The number of halogens is 5. The third-order valence-electron chi connectivity index (χ3n) is 1.27. The van der Waals surface area contributed by atoms with E-state index in [4.69, 9.17) is 0 Å². The predicted molar refractivity (Wildman–Crippen MR) is 56.8 cm³/mol. The van der Waals surface area contributed by atoms with Crippen LogP contribution >= 0.6 is 45.2 Å². The molecule has 0 aliphatic heterocycles. The molecule has 0 aliphatic rings. The maximum absolute atomic E-state index is 12.8. The van der Waals surface area contributed by atoms with E-state index in [0.717, 1.165) is 6.07 Å². The second-order valence-corrected chi connectivity index (χ2v) is 4.41. The Bertz CT molecular complexity index is 299. The van der Waals surface area contributed by atoms with Crippen LogP contribution in [-0.2, 0) is 0 Å². The lowest BCUT2D eigenvalue weighted by molar-refractivity contribution is 0.146. The molecule has 0 N–H and O–H groups in total. The van der Waals surface area contributed by atoms with Crippen molar-refractivity contribution in [2.24, 2.45) is 0 Å². The molecule has 0 aromatic heterocycles. The Morgan fingerprint density at radius 1 is 1.08 bits per heavy atom. The van der Waals surface area contributed by atoms with Gasteiger partial charge in [0.2, 0.25) is 0 Å². The first-order chi connectivity index (χ1) is 5.52. The van der Waals surface area contributed by atoms with E-state index >= 15 is 0 Å². The summed E-state index contributed by atoms with van der Waals surface area (Å²) in [4.78, 5) is 0. The highest BCUT2D eigenvalue weighted by Crippen LogP contribution is 2.26. The highest BCUT2D eigenvalue weighted by molar-refractivity contribution is 14.1. The van der Waals surface area contributed by atoms with Gasteiger partial charge in [-0.2, -0.15) is 0 Å². The van der Waals surface area contributed by atoms with Crippen LogP contribution in [0, 0.1) is 13.0 Å². The first kappa shape index (κ1) is 10.6.